The molecule has 0 spiro atoms. The number of aryl methyl sites for hydroxylation is 6. The minimum Gasteiger partial charge on any atom is -0.508 e. The van der Waals surface area contributed by atoms with Crippen molar-refractivity contribution in [1.29, 1.82) is 0 Å². The van der Waals surface area contributed by atoms with E-state index in [4.69, 9.17) is 18.9 Å². The molecule has 642 valence electrons. The van der Waals surface area contributed by atoms with Crippen LogP contribution in [-0.2, 0) is 44.5 Å². The molecule has 24 nitrogen and oxygen atoms in total. The summed E-state index contributed by atoms with van der Waals surface area (Å²) < 4.78 is 45.1. The number of phenolic OH excluding ortho intramolecular Hbond substituents is 4. The summed E-state index contributed by atoms with van der Waals surface area (Å²) in [4.78, 5) is 120. The van der Waals surface area contributed by atoms with Crippen molar-refractivity contribution < 1.29 is 106 Å². The maximum absolute atomic E-state index is 13.5. The average molecular weight is 1800 g/mol. The van der Waals surface area contributed by atoms with E-state index in [1.165, 1.54) is 69.2 Å². The summed E-state index contributed by atoms with van der Waals surface area (Å²) in [6, 6.07) is 67.5. The van der Waals surface area contributed by atoms with Crippen molar-refractivity contribution in [2.45, 2.75) is 48.0 Å². The second-order valence-corrected chi connectivity index (χ2v) is 33.2. The highest BCUT2D eigenvalue weighted by Crippen LogP contribution is 2.48. The Balaban J connectivity index is 0.000000146. The number of carbonyl (C=O) groups excluding carboxylic acids is 10. The van der Waals surface area contributed by atoms with Gasteiger partial charge in [0, 0.05) is 68.4 Å². The van der Waals surface area contributed by atoms with Crippen molar-refractivity contribution in [2.24, 2.45) is 0 Å². The largest absolute Gasteiger partial charge is 0.508 e. The van der Waals surface area contributed by atoms with E-state index in [0.29, 0.717) is 132 Å². The zero-order valence-corrected chi connectivity index (χ0v) is 72.7. The van der Waals surface area contributed by atoms with Crippen LogP contribution in [0.4, 0.5) is 21.0 Å². The molecule has 5 heterocycles. The van der Waals surface area contributed by atoms with E-state index in [9.17, 15) is 68.4 Å². The summed E-state index contributed by atoms with van der Waals surface area (Å²) >= 11 is 6.50. The van der Waals surface area contributed by atoms with Gasteiger partial charge in [-0.15, -0.1) is 56.7 Å². The molecule has 0 aliphatic carbocycles. The van der Waals surface area contributed by atoms with Gasteiger partial charge in [-0.25, -0.2) is 9.59 Å². The Bertz CT molecular complexity index is 6740. The average Bonchev–Trinajstić information content (AvgIpc) is 1.64. The fourth-order valence-electron chi connectivity index (χ4n) is 13.2. The van der Waals surface area contributed by atoms with Gasteiger partial charge in [-0.1, -0.05) is 103 Å². The van der Waals surface area contributed by atoms with Crippen LogP contribution in [0.15, 0.2) is 254 Å². The molecule has 2 amide bonds. The molecule has 0 fully saturated rings. The first-order valence-electron chi connectivity index (χ1n) is 38.8. The Hall–Kier alpha value is -15.7. The molecule has 29 heteroatoms. The molecule has 0 aliphatic rings. The van der Waals surface area contributed by atoms with Crippen molar-refractivity contribution in [3.05, 3.63) is 340 Å². The number of hydrogen-bond acceptors (Lipinski definition) is 27. The highest BCUT2D eigenvalue weighted by atomic mass is 32.1. The number of rotatable bonds is 27. The number of benzene rings is 11. The molecule has 0 unspecified atom stereocenters. The molecule has 128 heavy (non-hydrogen) atoms. The number of hydrogen-bond donors (Lipinski definition) is 6. The first-order chi connectivity index (χ1) is 61.9. The van der Waals surface area contributed by atoms with Crippen LogP contribution in [0.3, 0.4) is 0 Å². The third kappa shape index (κ3) is 21.9. The molecule has 16 aromatic rings. The molecule has 0 bridgehead atoms. The van der Waals surface area contributed by atoms with Gasteiger partial charge >= 0.3 is 25.1 Å². The highest BCUT2D eigenvalue weighted by molar-refractivity contribution is 7.23. The van der Waals surface area contributed by atoms with Gasteiger partial charge in [-0.3, -0.25) is 49.0 Å². The molecule has 0 aliphatic heterocycles. The summed E-state index contributed by atoms with van der Waals surface area (Å²) in [6.45, 7) is 12.4. The lowest BCUT2D eigenvalue weighted by atomic mass is 10.0. The van der Waals surface area contributed by atoms with Gasteiger partial charge in [0.25, 0.3) is 12.9 Å². The third-order valence-corrected chi connectivity index (χ3v) is 24.8. The number of ether oxygens (including phenoxy) is 8. The SMILES string of the molecule is CCc1ccccc1C(=O)c1sc2cc(O)ccc2c1Oc1ccc(/C=C/OC=O)cc1.Cc1ccc(C(=O)c2sc3cc(O)ccc3c2Oc2ccc(NC(=O)OC=O)cc2)c(C)c1.Cc1ccc(C(=O)c2sc3cc(O)ccc3c2Oc2ccc(NC(=O)OC=O)cc2)c(C)c1.Cc1ccsc1C(=O)c1sc2cc(O)ccc2c1Oc1ccc(/C=C/OC=O)cc1. The van der Waals surface area contributed by atoms with Gasteiger partial charge in [0.05, 0.1) is 17.4 Å². The van der Waals surface area contributed by atoms with Crippen LogP contribution in [-0.4, -0.2) is 81.6 Å². The van der Waals surface area contributed by atoms with Crippen molar-refractivity contribution in [1.82, 2.24) is 0 Å². The maximum atomic E-state index is 13.5. The van der Waals surface area contributed by atoms with Crippen LogP contribution < -0.4 is 29.6 Å². The van der Waals surface area contributed by atoms with Crippen molar-refractivity contribution in [2.75, 3.05) is 10.6 Å². The number of phenols is 4. The summed E-state index contributed by atoms with van der Waals surface area (Å²) in [5.74, 6) is 3.63. The van der Waals surface area contributed by atoms with Crippen LogP contribution in [0.5, 0.6) is 69.0 Å². The monoisotopic (exact) mass is 1800 g/mol. The maximum Gasteiger partial charge on any atom is 0.419 e. The molecule has 16 rings (SSSR count). The molecule has 0 saturated carbocycles. The number of nitrogens with one attached hydrogen (secondary N) is 2. The van der Waals surface area contributed by atoms with Crippen LogP contribution in [0.25, 0.3) is 52.5 Å². The van der Waals surface area contributed by atoms with Gasteiger partial charge < -0.3 is 58.3 Å². The molecule has 5 aromatic heterocycles. The van der Waals surface area contributed by atoms with E-state index in [0.717, 1.165) is 71.1 Å². The van der Waals surface area contributed by atoms with Crippen LogP contribution >= 0.6 is 56.7 Å². The minimum absolute atomic E-state index is 0.0423. The molecule has 6 N–H and O–H groups in total. The summed E-state index contributed by atoms with van der Waals surface area (Å²) in [5.41, 5.74) is 10.0. The second kappa shape index (κ2) is 41.7. The van der Waals surface area contributed by atoms with Crippen LogP contribution in [0.1, 0.15) is 112 Å². The normalized spacial score (nSPS) is 10.8. The molecule has 0 radical (unpaired) electrons. The quantitative estimate of drug-likeness (QED) is 0.00915. The number of thiophene rings is 5. The summed E-state index contributed by atoms with van der Waals surface area (Å²) in [6.07, 6.45) is 4.83. The number of aromatic hydroxyl groups is 4. The van der Waals surface area contributed by atoms with E-state index >= 15 is 0 Å². The van der Waals surface area contributed by atoms with E-state index in [1.807, 2.05) is 126 Å². The molecule has 11 aromatic carbocycles. The van der Waals surface area contributed by atoms with Crippen LogP contribution in [0, 0.1) is 34.6 Å². The first kappa shape index (κ1) is 90.1. The zero-order chi connectivity index (χ0) is 90.7. The number of anilines is 2. The lowest BCUT2D eigenvalue weighted by Gasteiger charge is -2.10. The van der Waals surface area contributed by atoms with E-state index in [2.05, 4.69) is 29.6 Å². The fourth-order valence-corrected chi connectivity index (χ4v) is 18.6. The Kier molecular flexibility index (Phi) is 29.3. The van der Waals surface area contributed by atoms with Crippen molar-refractivity contribution in [3.63, 3.8) is 0 Å². The number of ketones is 4. The van der Waals surface area contributed by atoms with E-state index in [1.54, 1.807) is 170 Å². The Morgan fingerprint density at radius 3 is 1.00 bits per heavy atom. The Morgan fingerprint density at radius 1 is 0.344 bits per heavy atom. The molecular formula is C99H74N2O22S5. The number of carbonyl (C=O) groups is 10. The van der Waals surface area contributed by atoms with Gasteiger partial charge in [-0.05, 0) is 244 Å². The summed E-state index contributed by atoms with van der Waals surface area (Å²) in [5, 5.41) is 49.2. The van der Waals surface area contributed by atoms with Crippen LogP contribution in [0.2, 0.25) is 0 Å². The first-order valence-corrected chi connectivity index (χ1v) is 43.0. The molecule has 0 atom stereocenters. The smallest absolute Gasteiger partial charge is 0.419 e. The zero-order valence-electron chi connectivity index (χ0n) is 68.6. The van der Waals surface area contributed by atoms with Gasteiger partial charge in [0.15, 0.2) is 23.0 Å². The highest BCUT2D eigenvalue weighted by Gasteiger charge is 2.29. The lowest BCUT2D eigenvalue weighted by Crippen LogP contribution is -2.12. The topological polar surface area (TPSA) is 350 Å². The molecular weight excluding hydrogens is 1730 g/mol. The summed E-state index contributed by atoms with van der Waals surface area (Å²) in [7, 11) is 0. The van der Waals surface area contributed by atoms with Crippen molar-refractivity contribution in [3.8, 4) is 69.0 Å². The van der Waals surface area contributed by atoms with E-state index < -0.39 is 12.2 Å². The van der Waals surface area contributed by atoms with E-state index in [-0.39, 0.29) is 59.1 Å². The number of amides is 2. The third-order valence-electron chi connectivity index (χ3n) is 19.2. The van der Waals surface area contributed by atoms with Gasteiger partial charge in [-0.2, -0.15) is 0 Å². The standard InChI is InChI=1S/C26H20O5S.2C25H19NO6S.C23H16O5S2/c1-2-18-5-3-4-6-21(18)24(29)26-25(22-12-9-19(28)15-23(22)32-26)31-20-10-7-17(8-11-20)13-14-30-16-27;2*1-14-3-9-19(15(2)11-14)22(29)24-23(20-10-6-17(28)12-21(20)33-24)32-18-7-4-16(5-8-18)26-25(30)31-13-27;1-14-9-11-29-22(14)20(26)23-21(18-7-4-16(25)12-19(18)30-23)28-17-5-2-15(3-6-17)8-10-27-13-24/h3-16,28H,2H2,1H3;2*3-13,28H,1-2H3,(H,26,30);2-13,25H,1H3/b14-13+;;;10-8+. The second-order valence-electron chi connectivity index (χ2n) is 28.1. The number of fused-ring (bicyclic) bond motifs is 4. The Labute approximate surface area is 750 Å². The fraction of sp³-hybridized carbons (Fsp3) is 0.0707. The minimum atomic E-state index is -0.899. The van der Waals surface area contributed by atoms with Gasteiger partial charge in [0.1, 0.15) is 65.5 Å². The lowest BCUT2D eigenvalue weighted by molar-refractivity contribution is -0.124. The predicted octanol–water partition coefficient (Wildman–Crippen LogP) is 24.4. The van der Waals surface area contributed by atoms with Crippen molar-refractivity contribution >= 4 is 182 Å². The van der Waals surface area contributed by atoms with Gasteiger partial charge in [0.2, 0.25) is 23.1 Å². The molecule has 0 saturated heterocycles. The predicted molar refractivity (Wildman–Crippen MR) is 495 cm³/mol. The Morgan fingerprint density at radius 2 is 0.680 bits per heavy atom.